The van der Waals surface area contributed by atoms with Gasteiger partial charge >= 0.3 is 6.18 Å². The predicted octanol–water partition coefficient (Wildman–Crippen LogP) is 3.07. The van der Waals surface area contributed by atoms with Crippen LogP contribution in [0.2, 0.25) is 0 Å². The van der Waals surface area contributed by atoms with Gasteiger partial charge in [-0.15, -0.1) is 0 Å². The molecular weight excluding hydrogens is 359 g/mol. The van der Waals surface area contributed by atoms with Crippen LogP contribution in [0.15, 0.2) is 47.4 Å². The zero-order valence-corrected chi connectivity index (χ0v) is 14.5. The number of aromatic nitrogens is 2. The molecule has 1 aromatic carbocycles. The highest BCUT2D eigenvalue weighted by atomic mass is 19.4. The van der Waals surface area contributed by atoms with E-state index >= 15 is 0 Å². The van der Waals surface area contributed by atoms with Gasteiger partial charge in [0.05, 0.1) is 10.9 Å². The lowest BCUT2D eigenvalue weighted by Crippen LogP contribution is -2.18. The van der Waals surface area contributed by atoms with Crippen LogP contribution in [0.4, 0.5) is 30.5 Å². The Bertz CT molecular complexity index is 1030. The van der Waals surface area contributed by atoms with Gasteiger partial charge in [-0.1, -0.05) is 6.07 Å². The number of alkyl halides is 3. The van der Waals surface area contributed by atoms with Crippen LogP contribution in [-0.4, -0.2) is 22.6 Å². The number of fused-ring (bicyclic) bond motifs is 1. The zero-order valence-electron chi connectivity index (χ0n) is 14.5. The minimum Gasteiger partial charge on any atom is -0.369 e. The second-order valence-corrected chi connectivity index (χ2v) is 5.97. The fraction of sp³-hybridized carbons (Fsp3) is 0.222. The number of nitrogens with one attached hydrogen (secondary N) is 2. The fourth-order valence-electron chi connectivity index (χ4n) is 2.65. The number of nitrogens with two attached hydrogens (primary N) is 1. The first kappa shape index (κ1) is 18.7. The van der Waals surface area contributed by atoms with Gasteiger partial charge in [0, 0.05) is 32.0 Å². The summed E-state index contributed by atoms with van der Waals surface area (Å²) in [6.07, 6.45) is -2.85. The van der Waals surface area contributed by atoms with Crippen LogP contribution in [0, 0.1) is 0 Å². The van der Waals surface area contributed by atoms with E-state index in [4.69, 9.17) is 5.73 Å². The summed E-state index contributed by atoms with van der Waals surface area (Å²) in [4.78, 5) is 16.9. The summed E-state index contributed by atoms with van der Waals surface area (Å²) in [5, 5.41) is 6.77. The maximum absolute atomic E-state index is 13.0. The van der Waals surface area contributed by atoms with Gasteiger partial charge in [-0.25, -0.2) is 4.98 Å². The van der Waals surface area contributed by atoms with Gasteiger partial charge < -0.3 is 20.9 Å². The number of rotatable bonds is 5. The number of nitrogens with zero attached hydrogens (tertiary/aromatic N) is 2. The lowest BCUT2D eigenvalue weighted by Gasteiger charge is -2.14. The normalized spacial score (nSPS) is 11.6. The lowest BCUT2D eigenvalue weighted by molar-refractivity contribution is -0.137. The molecule has 4 N–H and O–H groups in total. The molecule has 2 aromatic heterocycles. The van der Waals surface area contributed by atoms with E-state index in [-0.39, 0.29) is 22.5 Å². The molecule has 0 aliphatic carbocycles. The van der Waals surface area contributed by atoms with Crippen molar-refractivity contribution in [3.63, 3.8) is 0 Å². The van der Waals surface area contributed by atoms with Crippen LogP contribution in [0.5, 0.6) is 0 Å². The number of hydrogen-bond donors (Lipinski definition) is 3. The number of hydrogen-bond acceptors (Lipinski definition) is 5. The molecule has 0 saturated carbocycles. The van der Waals surface area contributed by atoms with E-state index in [9.17, 15) is 18.0 Å². The number of halogens is 3. The van der Waals surface area contributed by atoms with Crippen molar-refractivity contribution >= 4 is 28.1 Å². The number of benzene rings is 1. The Hall–Kier alpha value is -3.07. The van der Waals surface area contributed by atoms with Gasteiger partial charge in [-0.2, -0.15) is 13.2 Å². The van der Waals surface area contributed by atoms with Gasteiger partial charge in [-0.3, -0.25) is 4.79 Å². The molecule has 0 atom stereocenters. The molecule has 0 fully saturated rings. The summed E-state index contributed by atoms with van der Waals surface area (Å²) < 4.78 is 40.3. The Morgan fingerprint density at radius 1 is 1.22 bits per heavy atom. The first-order valence-corrected chi connectivity index (χ1v) is 8.18. The van der Waals surface area contributed by atoms with Crippen molar-refractivity contribution in [3.8, 4) is 0 Å². The quantitative estimate of drug-likeness (QED) is 0.636. The molecule has 142 valence electrons. The topological polar surface area (TPSA) is 85.0 Å². The second kappa shape index (κ2) is 7.28. The number of anilines is 3. The van der Waals surface area contributed by atoms with Crippen molar-refractivity contribution in [2.45, 2.75) is 6.18 Å². The third-order valence-corrected chi connectivity index (χ3v) is 3.96. The SMILES string of the molecule is Cn1ccc2cc(NCCN)nc(Nc3cccc(C(F)(F)F)c3)c2c1=O. The average Bonchev–Trinajstić information content (AvgIpc) is 2.62. The average molecular weight is 377 g/mol. The molecule has 6 nitrogen and oxygen atoms in total. The maximum Gasteiger partial charge on any atom is 0.416 e. The van der Waals surface area contributed by atoms with Crippen LogP contribution in [0.3, 0.4) is 0 Å². The van der Waals surface area contributed by atoms with E-state index in [0.29, 0.717) is 24.3 Å². The third kappa shape index (κ3) is 4.03. The molecule has 27 heavy (non-hydrogen) atoms. The van der Waals surface area contributed by atoms with Gasteiger partial charge in [0.15, 0.2) is 0 Å². The molecule has 3 aromatic rings. The first-order chi connectivity index (χ1) is 12.8. The monoisotopic (exact) mass is 377 g/mol. The van der Waals surface area contributed by atoms with Crippen molar-refractivity contribution in [1.82, 2.24) is 9.55 Å². The smallest absolute Gasteiger partial charge is 0.369 e. The van der Waals surface area contributed by atoms with E-state index in [0.717, 1.165) is 12.1 Å². The van der Waals surface area contributed by atoms with Gasteiger partial charge in [0.1, 0.15) is 11.6 Å². The van der Waals surface area contributed by atoms with E-state index in [1.54, 1.807) is 25.4 Å². The van der Waals surface area contributed by atoms with Crippen molar-refractivity contribution in [1.29, 1.82) is 0 Å². The molecular formula is C18H18F3N5O. The van der Waals surface area contributed by atoms with Crippen molar-refractivity contribution in [2.24, 2.45) is 12.8 Å². The molecule has 2 heterocycles. The molecule has 3 rings (SSSR count). The molecule has 9 heteroatoms. The standard InChI is InChI=1S/C18H18F3N5O/c1-26-8-5-11-9-14(23-7-6-22)25-16(15(11)17(26)27)24-13-4-2-3-12(10-13)18(19,20)21/h2-5,8-10H,6-7,22H2,1H3,(H2,23,24,25). The Morgan fingerprint density at radius 3 is 2.70 bits per heavy atom. The summed E-state index contributed by atoms with van der Waals surface area (Å²) in [6, 6.07) is 8.17. The summed E-state index contributed by atoms with van der Waals surface area (Å²) in [7, 11) is 1.59. The predicted molar refractivity (Wildman–Crippen MR) is 99.3 cm³/mol. The molecule has 0 aliphatic rings. The Labute approximate surface area is 152 Å². The molecule has 0 aliphatic heterocycles. The number of aryl methyl sites for hydroxylation is 1. The number of pyridine rings is 2. The second-order valence-electron chi connectivity index (χ2n) is 5.97. The van der Waals surface area contributed by atoms with Crippen LogP contribution in [0.1, 0.15) is 5.56 Å². The first-order valence-electron chi connectivity index (χ1n) is 8.18. The van der Waals surface area contributed by atoms with Gasteiger partial charge in [0.2, 0.25) is 0 Å². The molecule has 0 bridgehead atoms. The van der Waals surface area contributed by atoms with Gasteiger partial charge in [0.25, 0.3) is 5.56 Å². The summed E-state index contributed by atoms with van der Waals surface area (Å²) in [5.41, 5.74) is 4.57. The fourth-order valence-corrected chi connectivity index (χ4v) is 2.65. The third-order valence-electron chi connectivity index (χ3n) is 3.96. The van der Waals surface area contributed by atoms with Crippen LogP contribution < -0.4 is 21.9 Å². The minimum atomic E-state index is -4.46. The Morgan fingerprint density at radius 2 is 2.00 bits per heavy atom. The van der Waals surface area contributed by atoms with Crippen molar-refractivity contribution in [3.05, 3.63) is 58.5 Å². The molecule has 0 amide bonds. The molecule has 0 saturated heterocycles. The minimum absolute atomic E-state index is 0.174. The largest absolute Gasteiger partial charge is 0.416 e. The van der Waals surface area contributed by atoms with Crippen molar-refractivity contribution < 1.29 is 13.2 Å². The lowest BCUT2D eigenvalue weighted by atomic mass is 10.1. The van der Waals surface area contributed by atoms with E-state index in [2.05, 4.69) is 15.6 Å². The van der Waals surface area contributed by atoms with E-state index in [1.165, 1.54) is 16.7 Å². The summed E-state index contributed by atoms with van der Waals surface area (Å²) in [5.74, 6) is 0.642. The zero-order chi connectivity index (χ0) is 19.6. The van der Waals surface area contributed by atoms with Crippen LogP contribution in [0.25, 0.3) is 10.8 Å². The highest BCUT2D eigenvalue weighted by Gasteiger charge is 2.30. The van der Waals surface area contributed by atoms with Crippen LogP contribution in [-0.2, 0) is 13.2 Å². The maximum atomic E-state index is 13.0. The summed E-state index contributed by atoms with van der Waals surface area (Å²) >= 11 is 0. The molecule has 0 radical (unpaired) electrons. The van der Waals surface area contributed by atoms with Crippen molar-refractivity contribution in [2.75, 3.05) is 23.7 Å². The Kier molecular flexibility index (Phi) is 5.04. The Balaban J connectivity index is 2.11. The molecule has 0 spiro atoms. The molecule has 0 unspecified atom stereocenters. The summed E-state index contributed by atoms with van der Waals surface area (Å²) in [6.45, 7) is 0.846. The van der Waals surface area contributed by atoms with E-state index < -0.39 is 11.7 Å². The van der Waals surface area contributed by atoms with Gasteiger partial charge in [-0.05, 0) is 35.7 Å². The van der Waals surface area contributed by atoms with Crippen LogP contribution >= 0.6 is 0 Å². The van der Waals surface area contributed by atoms with E-state index in [1.807, 2.05) is 0 Å². The highest BCUT2D eigenvalue weighted by Crippen LogP contribution is 2.32. The highest BCUT2D eigenvalue weighted by molar-refractivity contribution is 5.94.